The Morgan fingerprint density at radius 2 is 1.73 bits per heavy atom. The minimum absolute atomic E-state index is 0.689. The molecule has 4 nitrogen and oxygen atoms in total. The van der Waals surface area contributed by atoms with Gasteiger partial charge in [0.05, 0.1) is 12.7 Å². The van der Waals surface area contributed by atoms with Crippen molar-refractivity contribution in [3.8, 4) is 0 Å². The van der Waals surface area contributed by atoms with Crippen molar-refractivity contribution >= 4 is 23.2 Å². The summed E-state index contributed by atoms with van der Waals surface area (Å²) in [4.78, 5) is 9.26. The Bertz CT molecular complexity index is 633. The molecule has 0 amide bonds. The van der Waals surface area contributed by atoms with E-state index in [0.717, 1.165) is 50.1 Å². The third-order valence-corrected chi connectivity index (χ3v) is 4.74. The molecule has 0 atom stereocenters. The van der Waals surface area contributed by atoms with Crippen molar-refractivity contribution in [2.24, 2.45) is 7.05 Å². The van der Waals surface area contributed by atoms with E-state index in [9.17, 15) is 0 Å². The highest BCUT2D eigenvalue weighted by Gasteiger charge is 2.18. The molecular formula is C16H20Cl2N4. The molecule has 0 aliphatic carbocycles. The van der Waals surface area contributed by atoms with E-state index in [1.807, 2.05) is 29.8 Å². The van der Waals surface area contributed by atoms with Crippen molar-refractivity contribution in [2.45, 2.75) is 13.1 Å². The summed E-state index contributed by atoms with van der Waals surface area (Å²) in [6.07, 6.45) is 1.71. The Hall–Kier alpha value is -1.07. The SMILES string of the molecule is Cn1c(Cl)cnc1CN1CCN(Cc2cccc(Cl)c2)CC1. The average Bonchev–Trinajstić information content (AvgIpc) is 2.81. The molecule has 2 aromatic rings. The summed E-state index contributed by atoms with van der Waals surface area (Å²) >= 11 is 12.1. The fourth-order valence-corrected chi connectivity index (χ4v) is 3.13. The number of piperazine rings is 1. The van der Waals surface area contributed by atoms with Crippen LogP contribution in [0.3, 0.4) is 0 Å². The van der Waals surface area contributed by atoms with E-state index in [0.29, 0.717) is 5.15 Å². The molecule has 0 spiro atoms. The fraction of sp³-hybridized carbons (Fsp3) is 0.438. The summed E-state index contributed by atoms with van der Waals surface area (Å²) in [6, 6.07) is 8.11. The summed E-state index contributed by atoms with van der Waals surface area (Å²) in [5.74, 6) is 1.02. The van der Waals surface area contributed by atoms with Gasteiger partial charge in [-0.15, -0.1) is 0 Å². The normalized spacial score (nSPS) is 17.0. The standard InChI is InChI=1S/C16H20Cl2N4/c1-20-15(18)10-19-16(20)12-22-7-5-21(6-8-22)11-13-3-2-4-14(17)9-13/h2-4,9-10H,5-8,11-12H2,1H3. The number of rotatable bonds is 4. The van der Waals surface area contributed by atoms with E-state index in [4.69, 9.17) is 23.2 Å². The van der Waals surface area contributed by atoms with E-state index in [1.54, 1.807) is 6.20 Å². The van der Waals surface area contributed by atoms with Crippen molar-refractivity contribution in [3.63, 3.8) is 0 Å². The number of halogens is 2. The number of imidazole rings is 1. The third kappa shape index (κ3) is 3.82. The van der Waals surface area contributed by atoms with E-state index >= 15 is 0 Å². The zero-order valence-corrected chi connectivity index (χ0v) is 14.2. The Morgan fingerprint density at radius 1 is 1.05 bits per heavy atom. The zero-order valence-electron chi connectivity index (χ0n) is 12.7. The molecule has 1 aliphatic rings. The Labute approximate surface area is 141 Å². The van der Waals surface area contributed by atoms with Crippen LogP contribution >= 0.6 is 23.2 Å². The lowest BCUT2D eigenvalue weighted by molar-refractivity contribution is 0.119. The number of hydrogen-bond donors (Lipinski definition) is 0. The molecular weight excluding hydrogens is 319 g/mol. The van der Waals surface area contributed by atoms with E-state index in [2.05, 4.69) is 20.9 Å². The van der Waals surface area contributed by atoms with Crippen LogP contribution in [0.4, 0.5) is 0 Å². The second kappa shape index (κ2) is 7.01. The summed E-state index contributed by atoms with van der Waals surface area (Å²) in [5, 5.41) is 1.50. The van der Waals surface area contributed by atoms with Gasteiger partial charge in [0.1, 0.15) is 11.0 Å². The van der Waals surface area contributed by atoms with Gasteiger partial charge in [-0.1, -0.05) is 35.3 Å². The summed E-state index contributed by atoms with van der Waals surface area (Å²) in [7, 11) is 1.96. The lowest BCUT2D eigenvalue weighted by Crippen LogP contribution is -2.45. The zero-order chi connectivity index (χ0) is 15.5. The first-order chi connectivity index (χ1) is 10.6. The maximum Gasteiger partial charge on any atom is 0.128 e. The topological polar surface area (TPSA) is 24.3 Å². The van der Waals surface area contributed by atoms with E-state index in [1.165, 1.54) is 5.56 Å². The molecule has 0 bridgehead atoms. The van der Waals surface area contributed by atoms with Gasteiger partial charge in [-0.05, 0) is 17.7 Å². The molecule has 22 heavy (non-hydrogen) atoms. The van der Waals surface area contributed by atoms with E-state index in [-0.39, 0.29) is 0 Å². The van der Waals surface area contributed by atoms with Gasteiger partial charge < -0.3 is 4.57 Å². The van der Waals surface area contributed by atoms with Crippen LogP contribution in [-0.4, -0.2) is 45.5 Å². The van der Waals surface area contributed by atoms with Crippen molar-refractivity contribution in [1.29, 1.82) is 0 Å². The molecule has 1 fully saturated rings. The van der Waals surface area contributed by atoms with Crippen molar-refractivity contribution < 1.29 is 0 Å². The lowest BCUT2D eigenvalue weighted by atomic mass is 10.2. The maximum absolute atomic E-state index is 6.05. The number of hydrogen-bond acceptors (Lipinski definition) is 3. The molecule has 1 aromatic heterocycles. The number of aromatic nitrogens is 2. The predicted octanol–water partition coefficient (Wildman–Crippen LogP) is 3.04. The van der Waals surface area contributed by atoms with Crippen LogP contribution in [0, 0.1) is 0 Å². The fourth-order valence-electron chi connectivity index (χ4n) is 2.77. The molecule has 2 heterocycles. The first-order valence-electron chi connectivity index (χ1n) is 7.47. The first kappa shape index (κ1) is 15.8. The molecule has 1 saturated heterocycles. The first-order valence-corrected chi connectivity index (χ1v) is 8.22. The Balaban J connectivity index is 1.51. The third-order valence-electron chi connectivity index (χ3n) is 4.15. The van der Waals surface area contributed by atoms with Crippen LogP contribution in [0.5, 0.6) is 0 Å². The van der Waals surface area contributed by atoms with Crippen LogP contribution in [0.15, 0.2) is 30.5 Å². The molecule has 0 saturated carbocycles. The van der Waals surface area contributed by atoms with Gasteiger partial charge in [0, 0.05) is 44.8 Å². The Kier molecular flexibility index (Phi) is 5.03. The second-order valence-corrected chi connectivity index (χ2v) is 6.56. The van der Waals surface area contributed by atoms with Crippen LogP contribution in [-0.2, 0) is 20.1 Å². The second-order valence-electron chi connectivity index (χ2n) is 5.74. The highest BCUT2D eigenvalue weighted by Crippen LogP contribution is 2.15. The van der Waals surface area contributed by atoms with Crippen molar-refractivity contribution in [1.82, 2.24) is 19.4 Å². The maximum atomic E-state index is 6.05. The van der Waals surface area contributed by atoms with Crippen LogP contribution in [0.25, 0.3) is 0 Å². The smallest absolute Gasteiger partial charge is 0.128 e. The minimum atomic E-state index is 0.689. The summed E-state index contributed by atoms with van der Waals surface area (Å²) in [6.45, 7) is 6.03. The van der Waals surface area contributed by atoms with Crippen molar-refractivity contribution in [2.75, 3.05) is 26.2 Å². The van der Waals surface area contributed by atoms with Gasteiger partial charge in [-0.3, -0.25) is 9.80 Å². The predicted molar refractivity (Wildman–Crippen MR) is 90.2 cm³/mol. The van der Waals surface area contributed by atoms with Crippen LogP contribution in [0.2, 0.25) is 10.2 Å². The largest absolute Gasteiger partial charge is 0.321 e. The highest BCUT2D eigenvalue weighted by atomic mass is 35.5. The quantitative estimate of drug-likeness (QED) is 0.856. The highest BCUT2D eigenvalue weighted by molar-refractivity contribution is 6.30. The van der Waals surface area contributed by atoms with Gasteiger partial charge >= 0.3 is 0 Å². The van der Waals surface area contributed by atoms with E-state index < -0.39 is 0 Å². The molecule has 118 valence electrons. The molecule has 6 heteroatoms. The van der Waals surface area contributed by atoms with Gasteiger partial charge in [-0.2, -0.15) is 0 Å². The summed E-state index contributed by atoms with van der Waals surface area (Å²) < 4.78 is 1.94. The molecule has 0 unspecified atom stereocenters. The number of nitrogens with zero attached hydrogens (tertiary/aromatic N) is 4. The van der Waals surface area contributed by atoms with Crippen LogP contribution < -0.4 is 0 Å². The van der Waals surface area contributed by atoms with Gasteiger partial charge in [0.15, 0.2) is 0 Å². The van der Waals surface area contributed by atoms with Gasteiger partial charge in [0.25, 0.3) is 0 Å². The van der Waals surface area contributed by atoms with Crippen molar-refractivity contribution in [3.05, 3.63) is 52.0 Å². The van der Waals surface area contributed by atoms with Gasteiger partial charge in [-0.25, -0.2) is 4.98 Å². The molecule has 0 radical (unpaired) electrons. The molecule has 3 rings (SSSR count). The minimum Gasteiger partial charge on any atom is -0.321 e. The van der Waals surface area contributed by atoms with Crippen LogP contribution in [0.1, 0.15) is 11.4 Å². The average molecular weight is 339 g/mol. The number of benzene rings is 1. The molecule has 1 aromatic carbocycles. The summed E-state index contributed by atoms with van der Waals surface area (Å²) in [5.41, 5.74) is 1.27. The monoisotopic (exact) mass is 338 g/mol. The lowest BCUT2D eigenvalue weighted by Gasteiger charge is -2.34. The molecule has 0 N–H and O–H groups in total. The van der Waals surface area contributed by atoms with Gasteiger partial charge in [0.2, 0.25) is 0 Å². The Morgan fingerprint density at radius 3 is 2.32 bits per heavy atom. The molecule has 1 aliphatic heterocycles.